The van der Waals surface area contributed by atoms with Crippen LogP contribution in [0.5, 0.6) is 0 Å². The maximum absolute atomic E-state index is 5.99. The van der Waals surface area contributed by atoms with Crippen LogP contribution in [0.2, 0.25) is 0 Å². The first-order chi connectivity index (χ1) is 10.3. The van der Waals surface area contributed by atoms with E-state index in [4.69, 9.17) is 10.3 Å². The number of fused-ring (bicyclic) bond motifs is 1. The summed E-state index contributed by atoms with van der Waals surface area (Å²) >= 11 is 0. The Bertz CT molecular complexity index is 793. The Morgan fingerprint density at radius 1 is 1.05 bits per heavy atom. The third kappa shape index (κ3) is 2.00. The third-order valence-electron chi connectivity index (χ3n) is 4.03. The first kappa shape index (κ1) is 12.1. The number of pyridine rings is 1. The molecule has 0 fully saturated rings. The van der Waals surface area contributed by atoms with E-state index in [-0.39, 0.29) is 0 Å². The van der Waals surface area contributed by atoms with Gasteiger partial charge in [0.1, 0.15) is 0 Å². The van der Waals surface area contributed by atoms with Crippen LogP contribution >= 0.6 is 0 Å². The van der Waals surface area contributed by atoms with E-state index in [1.54, 1.807) is 12.4 Å². The van der Waals surface area contributed by atoms with Crippen LogP contribution in [0.15, 0.2) is 47.2 Å². The molecule has 2 heterocycles. The molecule has 0 bridgehead atoms. The Labute approximate surface area is 122 Å². The van der Waals surface area contributed by atoms with Crippen molar-refractivity contribution >= 4 is 5.82 Å². The van der Waals surface area contributed by atoms with Gasteiger partial charge in [-0.25, -0.2) is 0 Å². The second-order valence-electron chi connectivity index (χ2n) is 5.35. The summed E-state index contributed by atoms with van der Waals surface area (Å²) < 4.78 is 5.49. The Hall–Kier alpha value is -2.62. The molecule has 4 nitrogen and oxygen atoms in total. The van der Waals surface area contributed by atoms with Crippen molar-refractivity contribution in [3.63, 3.8) is 0 Å². The van der Waals surface area contributed by atoms with E-state index in [1.165, 1.54) is 24.0 Å². The van der Waals surface area contributed by atoms with Gasteiger partial charge in [-0.3, -0.25) is 4.98 Å². The van der Waals surface area contributed by atoms with Crippen molar-refractivity contribution in [2.24, 2.45) is 0 Å². The van der Waals surface area contributed by atoms with E-state index in [0.29, 0.717) is 5.82 Å². The normalized spacial score (nSPS) is 13.3. The molecule has 0 radical (unpaired) electrons. The van der Waals surface area contributed by atoms with Crippen molar-refractivity contribution in [2.45, 2.75) is 19.3 Å². The largest absolute Gasteiger partial charge is 0.380 e. The smallest absolute Gasteiger partial charge is 0.176 e. The SMILES string of the molecule is Nc1noc(-c2ccc3c(c2)CCC3)c1-c1cccnc1. The Morgan fingerprint density at radius 2 is 1.95 bits per heavy atom. The highest BCUT2D eigenvalue weighted by Gasteiger charge is 2.19. The highest BCUT2D eigenvalue weighted by Crippen LogP contribution is 2.37. The molecule has 104 valence electrons. The molecule has 0 atom stereocenters. The summed E-state index contributed by atoms with van der Waals surface area (Å²) in [4.78, 5) is 4.15. The van der Waals surface area contributed by atoms with Gasteiger partial charge < -0.3 is 10.3 Å². The van der Waals surface area contributed by atoms with E-state index < -0.39 is 0 Å². The van der Waals surface area contributed by atoms with Crippen molar-refractivity contribution < 1.29 is 4.52 Å². The summed E-state index contributed by atoms with van der Waals surface area (Å²) in [6, 6.07) is 10.3. The van der Waals surface area contributed by atoms with E-state index in [0.717, 1.165) is 28.9 Å². The number of anilines is 1. The molecule has 2 N–H and O–H groups in total. The van der Waals surface area contributed by atoms with Crippen LogP contribution < -0.4 is 5.73 Å². The first-order valence-electron chi connectivity index (χ1n) is 7.10. The lowest BCUT2D eigenvalue weighted by Gasteiger charge is -2.05. The maximum atomic E-state index is 5.99. The topological polar surface area (TPSA) is 64.9 Å². The van der Waals surface area contributed by atoms with E-state index in [1.807, 2.05) is 12.1 Å². The second-order valence-corrected chi connectivity index (χ2v) is 5.35. The fourth-order valence-electron chi connectivity index (χ4n) is 3.00. The number of rotatable bonds is 2. The van der Waals surface area contributed by atoms with Gasteiger partial charge in [-0.05, 0) is 42.5 Å². The number of nitrogens with two attached hydrogens (primary N) is 1. The lowest BCUT2D eigenvalue weighted by molar-refractivity contribution is 0.436. The number of hydrogen-bond acceptors (Lipinski definition) is 4. The van der Waals surface area contributed by atoms with Gasteiger partial charge in [0.15, 0.2) is 11.6 Å². The van der Waals surface area contributed by atoms with E-state index in [9.17, 15) is 0 Å². The Morgan fingerprint density at radius 3 is 2.81 bits per heavy atom. The lowest BCUT2D eigenvalue weighted by Crippen LogP contribution is -1.90. The maximum Gasteiger partial charge on any atom is 0.176 e. The first-order valence-corrected chi connectivity index (χ1v) is 7.10. The van der Waals surface area contributed by atoms with Gasteiger partial charge >= 0.3 is 0 Å². The summed E-state index contributed by atoms with van der Waals surface area (Å²) in [5.74, 6) is 1.12. The van der Waals surface area contributed by atoms with Crippen molar-refractivity contribution in [3.8, 4) is 22.5 Å². The fourth-order valence-corrected chi connectivity index (χ4v) is 3.00. The minimum atomic E-state index is 0.401. The molecule has 0 unspecified atom stereocenters. The van der Waals surface area contributed by atoms with Crippen LogP contribution in [-0.4, -0.2) is 10.1 Å². The van der Waals surface area contributed by atoms with E-state index in [2.05, 4.69) is 28.3 Å². The molecule has 4 rings (SSSR count). The summed E-state index contributed by atoms with van der Waals surface area (Å²) in [7, 11) is 0. The minimum Gasteiger partial charge on any atom is -0.380 e. The number of nitrogens with zero attached hydrogens (tertiary/aromatic N) is 2. The predicted molar refractivity (Wildman–Crippen MR) is 81.6 cm³/mol. The fraction of sp³-hybridized carbons (Fsp3) is 0.176. The van der Waals surface area contributed by atoms with Gasteiger partial charge in [0.05, 0.1) is 5.56 Å². The summed E-state index contributed by atoms with van der Waals surface area (Å²) in [5.41, 5.74) is 11.6. The van der Waals surface area contributed by atoms with Gasteiger partial charge in [0.2, 0.25) is 0 Å². The standard InChI is InChI=1S/C17H15N3O/c18-17-15(14-5-2-8-19-10-14)16(21-20-17)13-7-6-11-3-1-4-12(11)9-13/h2,5-10H,1,3-4H2,(H2,18,20). The molecular weight excluding hydrogens is 262 g/mol. The molecule has 0 aliphatic heterocycles. The van der Waals surface area contributed by atoms with Crippen molar-refractivity contribution in [2.75, 3.05) is 5.73 Å². The summed E-state index contributed by atoms with van der Waals surface area (Å²) in [6.45, 7) is 0. The van der Waals surface area contributed by atoms with Gasteiger partial charge in [-0.15, -0.1) is 0 Å². The molecule has 1 aromatic carbocycles. The zero-order valence-electron chi connectivity index (χ0n) is 11.5. The monoisotopic (exact) mass is 277 g/mol. The number of aryl methyl sites for hydroxylation is 2. The molecule has 4 heteroatoms. The van der Waals surface area contributed by atoms with Crippen LogP contribution in [-0.2, 0) is 12.8 Å². The molecule has 1 aliphatic carbocycles. The van der Waals surface area contributed by atoms with Crippen molar-refractivity contribution in [3.05, 3.63) is 53.9 Å². The highest BCUT2D eigenvalue weighted by molar-refractivity contribution is 5.86. The molecule has 0 amide bonds. The third-order valence-corrected chi connectivity index (χ3v) is 4.03. The van der Waals surface area contributed by atoms with Gasteiger partial charge in [0, 0.05) is 23.5 Å². The zero-order chi connectivity index (χ0) is 14.2. The number of nitrogen functional groups attached to an aromatic ring is 1. The van der Waals surface area contributed by atoms with E-state index >= 15 is 0 Å². The predicted octanol–water partition coefficient (Wildman–Crippen LogP) is 3.47. The average molecular weight is 277 g/mol. The lowest BCUT2D eigenvalue weighted by atomic mass is 10.00. The quantitative estimate of drug-likeness (QED) is 0.779. The van der Waals surface area contributed by atoms with Crippen LogP contribution in [0, 0.1) is 0 Å². The molecule has 0 saturated heterocycles. The van der Waals surface area contributed by atoms with Gasteiger partial charge in [-0.1, -0.05) is 23.4 Å². The number of benzene rings is 1. The Kier molecular flexibility index (Phi) is 2.74. The minimum absolute atomic E-state index is 0.401. The van der Waals surface area contributed by atoms with Gasteiger partial charge in [0.25, 0.3) is 0 Å². The van der Waals surface area contributed by atoms with Crippen molar-refractivity contribution in [1.82, 2.24) is 10.1 Å². The summed E-state index contributed by atoms with van der Waals surface area (Å²) in [6.07, 6.45) is 7.05. The molecular formula is C17H15N3O. The molecule has 21 heavy (non-hydrogen) atoms. The molecule has 0 spiro atoms. The molecule has 0 saturated carbocycles. The summed E-state index contributed by atoms with van der Waals surface area (Å²) in [5, 5.41) is 3.94. The van der Waals surface area contributed by atoms with Crippen LogP contribution in [0.3, 0.4) is 0 Å². The van der Waals surface area contributed by atoms with Gasteiger partial charge in [-0.2, -0.15) is 0 Å². The van der Waals surface area contributed by atoms with Crippen LogP contribution in [0.1, 0.15) is 17.5 Å². The molecule has 3 aromatic rings. The number of aromatic nitrogens is 2. The molecule has 1 aliphatic rings. The Balaban J connectivity index is 1.87. The van der Waals surface area contributed by atoms with Crippen molar-refractivity contribution in [1.29, 1.82) is 0 Å². The number of hydrogen-bond donors (Lipinski definition) is 1. The highest BCUT2D eigenvalue weighted by atomic mass is 16.5. The molecule has 2 aromatic heterocycles. The van der Waals surface area contributed by atoms with Crippen LogP contribution in [0.4, 0.5) is 5.82 Å². The average Bonchev–Trinajstić information content (AvgIpc) is 3.13. The second kappa shape index (κ2) is 4.74. The van der Waals surface area contributed by atoms with Crippen LogP contribution in [0.25, 0.3) is 22.5 Å². The zero-order valence-corrected chi connectivity index (χ0v) is 11.5.